The van der Waals surface area contributed by atoms with Gasteiger partial charge in [-0.1, -0.05) is 54.6 Å². The summed E-state index contributed by atoms with van der Waals surface area (Å²) >= 11 is 0. The number of carbonyl (C=O) groups excluding carboxylic acids is 3. The average Bonchev–Trinajstić information content (AvgIpc) is 2.93. The van der Waals surface area contributed by atoms with E-state index in [0.29, 0.717) is 50.3 Å². The molecule has 4 rings (SSSR count). The van der Waals surface area contributed by atoms with E-state index >= 15 is 0 Å². The van der Waals surface area contributed by atoms with Crippen molar-refractivity contribution in [1.29, 1.82) is 0 Å². The Labute approximate surface area is 218 Å². The molecule has 3 aromatic carbocycles. The molecule has 1 heterocycles. The standard InChI is InChI=1S/C30H33N3O4/c1-22(34)25-9-6-10-26(21-25)31-30(36)29(24-7-4-3-5-8-24)33-19-17-32(18-20-33)28(35)16-13-23-11-14-27(37-2)15-12-23/h3-12,14-15,21,29H,13,16-20H2,1-2H3,(H,31,36). The van der Waals surface area contributed by atoms with Crippen LogP contribution in [0.1, 0.15) is 40.9 Å². The fourth-order valence-electron chi connectivity index (χ4n) is 4.62. The molecule has 1 fully saturated rings. The van der Waals surface area contributed by atoms with Crippen molar-refractivity contribution in [1.82, 2.24) is 9.80 Å². The third-order valence-corrected chi connectivity index (χ3v) is 6.72. The Balaban J connectivity index is 1.39. The smallest absolute Gasteiger partial charge is 0.246 e. The number of aryl methyl sites for hydroxylation is 1. The zero-order chi connectivity index (χ0) is 26.2. The highest BCUT2D eigenvalue weighted by molar-refractivity contribution is 5.98. The summed E-state index contributed by atoms with van der Waals surface area (Å²) in [5, 5.41) is 2.99. The van der Waals surface area contributed by atoms with Gasteiger partial charge in [0.2, 0.25) is 11.8 Å². The first-order valence-corrected chi connectivity index (χ1v) is 12.6. The number of hydrogen-bond donors (Lipinski definition) is 1. The van der Waals surface area contributed by atoms with Gasteiger partial charge in [0.15, 0.2) is 5.78 Å². The number of nitrogens with zero attached hydrogens (tertiary/aromatic N) is 2. The molecule has 0 aromatic heterocycles. The fraction of sp³-hybridized carbons (Fsp3) is 0.300. The lowest BCUT2D eigenvalue weighted by molar-refractivity contribution is -0.133. The van der Waals surface area contributed by atoms with Gasteiger partial charge < -0.3 is 15.0 Å². The summed E-state index contributed by atoms with van der Waals surface area (Å²) in [5.41, 5.74) is 3.13. The molecule has 3 aromatic rings. The molecule has 1 unspecified atom stereocenters. The number of amides is 2. The lowest BCUT2D eigenvalue weighted by atomic mass is 10.0. The molecule has 1 aliphatic heterocycles. The average molecular weight is 500 g/mol. The second-order valence-electron chi connectivity index (χ2n) is 9.20. The second-order valence-corrected chi connectivity index (χ2v) is 9.20. The van der Waals surface area contributed by atoms with Crippen molar-refractivity contribution in [3.05, 3.63) is 95.6 Å². The van der Waals surface area contributed by atoms with Crippen LogP contribution in [0.3, 0.4) is 0 Å². The molecule has 1 N–H and O–H groups in total. The van der Waals surface area contributed by atoms with Gasteiger partial charge in [0.1, 0.15) is 11.8 Å². The Bertz CT molecular complexity index is 1220. The molecule has 7 nitrogen and oxygen atoms in total. The predicted octanol–water partition coefficient (Wildman–Crippen LogP) is 4.35. The van der Waals surface area contributed by atoms with E-state index in [1.165, 1.54) is 6.92 Å². The van der Waals surface area contributed by atoms with Crippen LogP contribution in [0.5, 0.6) is 5.75 Å². The summed E-state index contributed by atoms with van der Waals surface area (Å²) in [5.74, 6) is 0.710. The van der Waals surface area contributed by atoms with Gasteiger partial charge in [-0.05, 0) is 48.7 Å². The van der Waals surface area contributed by atoms with Crippen LogP contribution in [0.15, 0.2) is 78.9 Å². The minimum absolute atomic E-state index is 0.0523. The SMILES string of the molecule is COc1ccc(CCC(=O)N2CCN(C(C(=O)Nc3cccc(C(C)=O)c3)c3ccccc3)CC2)cc1. The lowest BCUT2D eigenvalue weighted by Crippen LogP contribution is -2.51. The molecule has 1 aliphatic rings. The summed E-state index contributed by atoms with van der Waals surface area (Å²) in [4.78, 5) is 42.1. The van der Waals surface area contributed by atoms with Crippen LogP contribution in [0.4, 0.5) is 5.69 Å². The normalized spacial score (nSPS) is 14.6. The molecule has 0 bridgehead atoms. The number of anilines is 1. The second kappa shape index (κ2) is 12.3. The van der Waals surface area contributed by atoms with Crippen LogP contribution < -0.4 is 10.1 Å². The molecule has 7 heteroatoms. The Morgan fingerprint density at radius 3 is 2.24 bits per heavy atom. The highest BCUT2D eigenvalue weighted by atomic mass is 16.5. The molecule has 1 saturated heterocycles. The van der Waals surface area contributed by atoms with Crippen LogP contribution in [-0.4, -0.2) is 60.7 Å². The summed E-state index contributed by atoms with van der Waals surface area (Å²) in [6.07, 6.45) is 1.12. The maximum atomic E-state index is 13.5. The minimum atomic E-state index is -0.501. The monoisotopic (exact) mass is 499 g/mol. The lowest BCUT2D eigenvalue weighted by Gasteiger charge is -2.39. The van der Waals surface area contributed by atoms with Crippen molar-refractivity contribution >= 4 is 23.3 Å². The molecule has 0 radical (unpaired) electrons. The van der Waals surface area contributed by atoms with Crippen LogP contribution >= 0.6 is 0 Å². The number of rotatable bonds is 9. The van der Waals surface area contributed by atoms with E-state index in [0.717, 1.165) is 16.9 Å². The van der Waals surface area contributed by atoms with Crippen molar-refractivity contribution in [3.63, 3.8) is 0 Å². The van der Waals surface area contributed by atoms with E-state index in [1.54, 1.807) is 31.4 Å². The number of hydrogen-bond acceptors (Lipinski definition) is 5. The summed E-state index contributed by atoms with van der Waals surface area (Å²) < 4.78 is 5.19. The van der Waals surface area contributed by atoms with Crippen LogP contribution in [0.2, 0.25) is 0 Å². The van der Waals surface area contributed by atoms with Gasteiger partial charge in [-0.2, -0.15) is 0 Å². The summed E-state index contributed by atoms with van der Waals surface area (Å²) in [6, 6.07) is 23.9. The fourth-order valence-corrected chi connectivity index (χ4v) is 4.62. The van der Waals surface area contributed by atoms with Gasteiger partial charge in [0.25, 0.3) is 0 Å². The topological polar surface area (TPSA) is 79.0 Å². The zero-order valence-corrected chi connectivity index (χ0v) is 21.4. The number of Topliss-reactive ketones (excluding diaryl/α,β-unsaturated/α-hetero) is 1. The predicted molar refractivity (Wildman–Crippen MR) is 144 cm³/mol. The molecule has 0 saturated carbocycles. The first kappa shape index (κ1) is 26.1. The maximum absolute atomic E-state index is 13.5. The number of methoxy groups -OCH3 is 1. The van der Waals surface area contributed by atoms with Crippen LogP contribution in [0, 0.1) is 0 Å². The number of ether oxygens (including phenoxy) is 1. The molecule has 1 atom stereocenters. The molecule has 2 amide bonds. The van der Waals surface area contributed by atoms with Gasteiger partial charge in [0, 0.05) is 43.9 Å². The quantitative estimate of drug-likeness (QED) is 0.443. The van der Waals surface area contributed by atoms with E-state index in [4.69, 9.17) is 4.74 Å². The van der Waals surface area contributed by atoms with Gasteiger partial charge >= 0.3 is 0 Å². The van der Waals surface area contributed by atoms with E-state index in [-0.39, 0.29) is 17.6 Å². The molecular weight excluding hydrogens is 466 g/mol. The van der Waals surface area contributed by atoms with Crippen molar-refractivity contribution in [2.45, 2.75) is 25.8 Å². The number of nitrogens with one attached hydrogen (secondary N) is 1. The number of benzene rings is 3. The van der Waals surface area contributed by atoms with Gasteiger partial charge in [-0.15, -0.1) is 0 Å². The first-order chi connectivity index (χ1) is 17.9. The number of piperazine rings is 1. The first-order valence-electron chi connectivity index (χ1n) is 12.6. The van der Waals surface area contributed by atoms with Crippen LogP contribution in [0.25, 0.3) is 0 Å². The van der Waals surface area contributed by atoms with E-state index in [1.807, 2.05) is 59.5 Å². The van der Waals surface area contributed by atoms with Crippen molar-refractivity contribution in [2.75, 3.05) is 38.6 Å². The highest BCUT2D eigenvalue weighted by Gasteiger charge is 2.31. The zero-order valence-electron chi connectivity index (χ0n) is 21.4. The van der Waals surface area contributed by atoms with Crippen LogP contribution in [-0.2, 0) is 16.0 Å². The van der Waals surface area contributed by atoms with E-state index < -0.39 is 6.04 Å². The Hall–Kier alpha value is -3.97. The Morgan fingerprint density at radius 1 is 0.892 bits per heavy atom. The highest BCUT2D eigenvalue weighted by Crippen LogP contribution is 2.25. The van der Waals surface area contributed by atoms with Crippen molar-refractivity contribution in [2.24, 2.45) is 0 Å². The summed E-state index contributed by atoms with van der Waals surface area (Å²) in [7, 11) is 1.64. The Kier molecular flexibility index (Phi) is 8.69. The van der Waals surface area contributed by atoms with Crippen molar-refractivity contribution in [3.8, 4) is 5.75 Å². The molecular formula is C30H33N3O4. The molecule has 37 heavy (non-hydrogen) atoms. The molecule has 0 spiro atoms. The van der Waals surface area contributed by atoms with E-state index in [9.17, 15) is 14.4 Å². The largest absolute Gasteiger partial charge is 0.497 e. The minimum Gasteiger partial charge on any atom is -0.497 e. The molecule has 0 aliphatic carbocycles. The van der Waals surface area contributed by atoms with Crippen molar-refractivity contribution < 1.29 is 19.1 Å². The number of ketones is 1. The number of carbonyl (C=O) groups is 3. The van der Waals surface area contributed by atoms with Gasteiger partial charge in [-0.25, -0.2) is 0 Å². The Morgan fingerprint density at radius 2 is 1.59 bits per heavy atom. The summed E-state index contributed by atoms with van der Waals surface area (Å²) in [6.45, 7) is 3.82. The third kappa shape index (κ3) is 6.83. The van der Waals surface area contributed by atoms with Gasteiger partial charge in [-0.3, -0.25) is 19.3 Å². The van der Waals surface area contributed by atoms with E-state index in [2.05, 4.69) is 10.2 Å². The van der Waals surface area contributed by atoms with Gasteiger partial charge in [0.05, 0.1) is 7.11 Å². The maximum Gasteiger partial charge on any atom is 0.246 e. The third-order valence-electron chi connectivity index (χ3n) is 6.72. The molecule has 192 valence electrons.